The third-order valence-corrected chi connectivity index (χ3v) is 6.39. The summed E-state index contributed by atoms with van der Waals surface area (Å²) in [5.41, 5.74) is -7.24. The van der Waals surface area contributed by atoms with Crippen molar-refractivity contribution in [2.24, 2.45) is 0 Å². The lowest BCUT2D eigenvalue weighted by Crippen LogP contribution is -2.42. The number of anilines is 2. The first kappa shape index (κ1) is 31.1. The van der Waals surface area contributed by atoms with Crippen molar-refractivity contribution in [1.29, 1.82) is 0 Å². The summed E-state index contributed by atoms with van der Waals surface area (Å²) in [6, 6.07) is 9.73. The topological polar surface area (TPSA) is 67.4 Å². The highest BCUT2D eigenvalue weighted by Gasteiger charge is 2.62. The molecule has 0 aliphatic rings. The summed E-state index contributed by atoms with van der Waals surface area (Å²) in [5, 5.41) is 3.94. The van der Waals surface area contributed by atoms with E-state index in [0.717, 1.165) is 13.2 Å². The minimum atomic E-state index is -5.95. The van der Waals surface area contributed by atoms with Crippen LogP contribution in [0.2, 0.25) is 5.02 Å². The van der Waals surface area contributed by atoms with E-state index in [1.54, 1.807) is 0 Å². The highest BCUT2D eigenvalue weighted by atomic mass is 79.9. The van der Waals surface area contributed by atoms with Crippen LogP contribution in [-0.2, 0) is 5.67 Å². The van der Waals surface area contributed by atoms with Gasteiger partial charge >= 0.3 is 12.4 Å². The second kappa shape index (κ2) is 11.6. The number of hydrogen-bond donors (Lipinski definition) is 2. The Hall–Kier alpha value is -3.39. The second-order valence-electron chi connectivity index (χ2n) is 8.18. The van der Waals surface area contributed by atoms with Gasteiger partial charge in [-0.05, 0) is 52.3 Å². The zero-order chi connectivity index (χ0) is 30.0. The Morgan fingerprint density at radius 2 is 1.50 bits per heavy atom. The monoisotopic (exact) mass is 658 g/mol. The molecule has 3 rings (SSSR count). The van der Waals surface area contributed by atoms with Gasteiger partial charge in [0.25, 0.3) is 11.8 Å². The van der Waals surface area contributed by atoms with Crippen LogP contribution in [0.5, 0.6) is 5.75 Å². The van der Waals surface area contributed by atoms with Crippen molar-refractivity contribution in [3.8, 4) is 5.75 Å². The smallest absolute Gasteiger partial charge is 0.427 e. The van der Waals surface area contributed by atoms with E-state index in [4.69, 9.17) is 16.3 Å². The van der Waals surface area contributed by atoms with Crippen LogP contribution in [-0.4, -0.2) is 31.3 Å². The summed E-state index contributed by atoms with van der Waals surface area (Å²) in [5.74, 6) is -2.85. The SMILES string of the molecule is COc1c(NC(=O)c2ccccc2F)cccc1C(=O)Nc1c(Cl)cc(C(F)(CC(F)(F)F)C(F)(F)F)cc1Br. The maximum Gasteiger partial charge on any atom is 0.427 e. The number of methoxy groups -OCH3 is 1. The van der Waals surface area contributed by atoms with Gasteiger partial charge in [0, 0.05) is 10.0 Å². The minimum absolute atomic E-state index is 0.0524. The Morgan fingerprint density at radius 3 is 2.05 bits per heavy atom. The molecule has 1 unspecified atom stereocenters. The molecule has 0 aliphatic carbocycles. The van der Waals surface area contributed by atoms with Gasteiger partial charge in [-0.15, -0.1) is 0 Å². The fourth-order valence-electron chi connectivity index (χ4n) is 3.61. The predicted molar refractivity (Wildman–Crippen MR) is 134 cm³/mol. The summed E-state index contributed by atoms with van der Waals surface area (Å²) < 4.78 is 112. The van der Waals surface area contributed by atoms with Crippen LogP contribution in [0.3, 0.4) is 0 Å². The third kappa shape index (κ3) is 6.66. The van der Waals surface area contributed by atoms with Gasteiger partial charge in [-0.2, -0.15) is 26.3 Å². The Balaban J connectivity index is 1.95. The molecule has 1 atom stereocenters. The van der Waals surface area contributed by atoms with Crippen LogP contribution in [0.15, 0.2) is 59.1 Å². The van der Waals surface area contributed by atoms with Gasteiger partial charge in [0.15, 0.2) is 5.75 Å². The Morgan fingerprint density at radius 1 is 0.900 bits per heavy atom. The highest BCUT2D eigenvalue weighted by molar-refractivity contribution is 9.10. The van der Waals surface area contributed by atoms with E-state index >= 15 is 0 Å². The lowest BCUT2D eigenvalue weighted by Gasteiger charge is -2.30. The molecule has 0 saturated carbocycles. The van der Waals surface area contributed by atoms with E-state index in [9.17, 15) is 44.7 Å². The summed E-state index contributed by atoms with van der Waals surface area (Å²) in [4.78, 5) is 25.6. The molecule has 214 valence electrons. The number of alkyl halides is 7. The zero-order valence-electron chi connectivity index (χ0n) is 19.9. The summed E-state index contributed by atoms with van der Waals surface area (Å²) >= 11 is 8.78. The van der Waals surface area contributed by atoms with Crippen LogP contribution in [0.1, 0.15) is 32.7 Å². The number of hydrogen-bond acceptors (Lipinski definition) is 3. The number of ether oxygens (including phenoxy) is 1. The average Bonchev–Trinajstić information content (AvgIpc) is 2.84. The molecule has 15 heteroatoms. The third-order valence-electron chi connectivity index (χ3n) is 5.46. The lowest BCUT2D eigenvalue weighted by atomic mass is 9.91. The van der Waals surface area contributed by atoms with Crippen LogP contribution < -0.4 is 15.4 Å². The molecule has 0 fully saturated rings. The van der Waals surface area contributed by atoms with Crippen molar-refractivity contribution in [1.82, 2.24) is 0 Å². The standard InChI is InChI=1S/C25H16BrClF8N2O3/c1-40-20-14(6-4-8-18(20)36-21(38)13-5-2-3-7-17(13)28)22(39)37-19-15(26)9-12(10-16(19)27)23(29,25(33,34)35)11-24(30,31)32/h2-10H,11H2,1H3,(H,36,38)(H,37,39). The van der Waals surface area contributed by atoms with Crippen LogP contribution in [0.25, 0.3) is 0 Å². The Bertz CT molecular complexity index is 1430. The fraction of sp³-hybridized carbons (Fsp3) is 0.200. The van der Waals surface area contributed by atoms with Crippen LogP contribution >= 0.6 is 27.5 Å². The van der Waals surface area contributed by atoms with E-state index in [-0.39, 0.29) is 22.6 Å². The van der Waals surface area contributed by atoms with Gasteiger partial charge in [0.2, 0.25) is 5.67 Å². The van der Waals surface area contributed by atoms with Crippen molar-refractivity contribution in [3.05, 3.63) is 86.6 Å². The number of carbonyl (C=O) groups is 2. The Labute approximate surface area is 234 Å². The maximum atomic E-state index is 14.9. The molecular formula is C25H16BrClF8N2O3. The molecular weight excluding hydrogens is 644 g/mol. The van der Waals surface area contributed by atoms with E-state index in [1.807, 2.05) is 0 Å². The molecule has 0 spiro atoms. The number of amides is 2. The van der Waals surface area contributed by atoms with E-state index in [2.05, 4.69) is 26.6 Å². The van der Waals surface area contributed by atoms with E-state index < -0.39 is 62.8 Å². The second-order valence-corrected chi connectivity index (χ2v) is 9.44. The molecule has 0 bridgehead atoms. The fourth-order valence-corrected chi connectivity index (χ4v) is 4.55. The number of halogens is 10. The van der Waals surface area contributed by atoms with Crippen LogP contribution in [0.4, 0.5) is 46.5 Å². The van der Waals surface area contributed by atoms with Crippen molar-refractivity contribution in [3.63, 3.8) is 0 Å². The number of nitrogens with one attached hydrogen (secondary N) is 2. The molecule has 0 aliphatic heterocycles. The summed E-state index contributed by atoms with van der Waals surface area (Å²) in [6.45, 7) is 0. The molecule has 0 saturated heterocycles. The Kier molecular flexibility index (Phi) is 9.04. The molecule has 3 aromatic carbocycles. The molecule has 0 heterocycles. The van der Waals surface area contributed by atoms with Crippen molar-refractivity contribution in [2.45, 2.75) is 24.4 Å². The molecule has 0 radical (unpaired) electrons. The number of para-hydroxylation sites is 1. The first-order chi connectivity index (χ1) is 18.5. The molecule has 2 amide bonds. The van der Waals surface area contributed by atoms with Crippen molar-refractivity contribution >= 4 is 50.7 Å². The summed E-state index contributed by atoms with van der Waals surface area (Å²) in [6.07, 6.45) is -14.3. The molecule has 5 nitrogen and oxygen atoms in total. The normalized spacial score (nSPS) is 13.4. The lowest BCUT2D eigenvalue weighted by molar-refractivity contribution is -0.273. The molecule has 0 aromatic heterocycles. The number of rotatable bonds is 7. The first-order valence-electron chi connectivity index (χ1n) is 10.8. The van der Waals surface area contributed by atoms with E-state index in [0.29, 0.717) is 12.1 Å². The maximum absolute atomic E-state index is 14.9. The van der Waals surface area contributed by atoms with Gasteiger partial charge in [-0.1, -0.05) is 29.8 Å². The van der Waals surface area contributed by atoms with Crippen LogP contribution in [0, 0.1) is 5.82 Å². The van der Waals surface area contributed by atoms with Crippen molar-refractivity contribution in [2.75, 3.05) is 17.7 Å². The molecule has 40 heavy (non-hydrogen) atoms. The first-order valence-corrected chi connectivity index (χ1v) is 12.0. The minimum Gasteiger partial charge on any atom is -0.494 e. The predicted octanol–water partition coefficient (Wildman–Crippen LogP) is 8.43. The summed E-state index contributed by atoms with van der Waals surface area (Å²) in [7, 11) is 1.15. The molecule has 3 aromatic rings. The largest absolute Gasteiger partial charge is 0.494 e. The zero-order valence-corrected chi connectivity index (χ0v) is 22.2. The highest BCUT2D eigenvalue weighted by Crippen LogP contribution is 2.51. The number of benzene rings is 3. The van der Waals surface area contributed by atoms with Gasteiger partial charge in [-0.25, -0.2) is 8.78 Å². The van der Waals surface area contributed by atoms with E-state index in [1.165, 1.54) is 36.4 Å². The quantitative estimate of drug-likeness (QED) is 0.250. The molecule has 2 N–H and O–H groups in total. The van der Waals surface area contributed by atoms with Gasteiger partial charge in [0.1, 0.15) is 5.82 Å². The van der Waals surface area contributed by atoms with Crippen molar-refractivity contribution < 1.29 is 49.4 Å². The van der Waals surface area contributed by atoms with Gasteiger partial charge in [0.05, 0.1) is 41.1 Å². The number of carbonyl (C=O) groups excluding carboxylic acids is 2. The average molecular weight is 660 g/mol. The van der Waals surface area contributed by atoms with Gasteiger partial charge in [-0.3, -0.25) is 9.59 Å². The van der Waals surface area contributed by atoms with Gasteiger partial charge < -0.3 is 15.4 Å².